The Bertz CT molecular complexity index is 468. The van der Waals surface area contributed by atoms with Crippen LogP contribution < -0.4 is 0 Å². The molecule has 1 aliphatic heterocycles. The average molecular weight is 279 g/mol. The van der Waals surface area contributed by atoms with Gasteiger partial charge in [-0.1, -0.05) is 13.8 Å². The summed E-state index contributed by atoms with van der Waals surface area (Å²) in [5.74, 6) is 0.368. The number of aryl methyl sites for hydroxylation is 1. The van der Waals surface area contributed by atoms with Crippen molar-refractivity contribution in [3.8, 4) is 0 Å². The van der Waals surface area contributed by atoms with E-state index in [0.29, 0.717) is 24.1 Å². The molecule has 1 saturated heterocycles. The van der Waals surface area contributed by atoms with Gasteiger partial charge in [0.2, 0.25) is 0 Å². The lowest BCUT2D eigenvalue weighted by Gasteiger charge is -2.27. The molecule has 0 N–H and O–H groups in total. The highest BCUT2D eigenvalue weighted by Crippen LogP contribution is 2.26. The molecule has 0 bridgehead atoms. The molecular weight excluding hydrogens is 254 g/mol. The molecule has 1 fully saturated rings. The van der Waals surface area contributed by atoms with Crippen LogP contribution >= 0.6 is 0 Å². The van der Waals surface area contributed by atoms with E-state index in [-0.39, 0.29) is 5.97 Å². The van der Waals surface area contributed by atoms with E-state index in [2.05, 4.69) is 23.8 Å². The molecule has 2 heterocycles. The zero-order valence-corrected chi connectivity index (χ0v) is 12.9. The maximum atomic E-state index is 12.0. The molecule has 5 nitrogen and oxygen atoms in total. The summed E-state index contributed by atoms with van der Waals surface area (Å²) in [4.78, 5) is 14.4. The predicted octanol–water partition coefficient (Wildman–Crippen LogP) is 2.22. The summed E-state index contributed by atoms with van der Waals surface area (Å²) in [5.41, 5.74) is 1.56. The van der Waals surface area contributed by atoms with Gasteiger partial charge in [-0.2, -0.15) is 5.10 Å². The third kappa shape index (κ3) is 3.03. The SMILES string of the molecule is CCOC(=O)c1cnn(C)c1CN1CCCC1C(C)C. The van der Waals surface area contributed by atoms with E-state index >= 15 is 0 Å². The third-order valence-corrected chi connectivity index (χ3v) is 4.09. The summed E-state index contributed by atoms with van der Waals surface area (Å²) >= 11 is 0. The van der Waals surface area contributed by atoms with Gasteiger partial charge in [0.1, 0.15) is 5.56 Å². The van der Waals surface area contributed by atoms with Gasteiger partial charge in [0, 0.05) is 19.6 Å². The highest BCUT2D eigenvalue weighted by molar-refractivity contribution is 5.90. The topological polar surface area (TPSA) is 47.4 Å². The molecule has 0 aromatic carbocycles. The predicted molar refractivity (Wildman–Crippen MR) is 77.4 cm³/mol. The zero-order chi connectivity index (χ0) is 14.7. The monoisotopic (exact) mass is 279 g/mol. The fourth-order valence-electron chi connectivity index (χ4n) is 3.03. The second-order valence-corrected chi connectivity index (χ2v) is 5.77. The molecule has 0 spiro atoms. The van der Waals surface area contributed by atoms with Crippen LogP contribution in [0.2, 0.25) is 0 Å². The van der Waals surface area contributed by atoms with Gasteiger partial charge in [-0.15, -0.1) is 0 Å². The summed E-state index contributed by atoms with van der Waals surface area (Å²) in [7, 11) is 1.89. The molecule has 0 aliphatic carbocycles. The average Bonchev–Trinajstić information content (AvgIpc) is 2.98. The van der Waals surface area contributed by atoms with Gasteiger partial charge in [-0.3, -0.25) is 9.58 Å². The Morgan fingerprint density at radius 2 is 2.30 bits per heavy atom. The number of aromatic nitrogens is 2. The third-order valence-electron chi connectivity index (χ3n) is 4.09. The fourth-order valence-corrected chi connectivity index (χ4v) is 3.03. The van der Waals surface area contributed by atoms with E-state index in [4.69, 9.17) is 4.74 Å². The van der Waals surface area contributed by atoms with Gasteiger partial charge in [-0.05, 0) is 32.2 Å². The Morgan fingerprint density at radius 1 is 1.55 bits per heavy atom. The minimum absolute atomic E-state index is 0.268. The second-order valence-electron chi connectivity index (χ2n) is 5.77. The number of hydrogen-bond acceptors (Lipinski definition) is 4. The van der Waals surface area contributed by atoms with E-state index in [9.17, 15) is 4.79 Å². The summed E-state index contributed by atoms with van der Waals surface area (Å²) < 4.78 is 6.90. The Balaban J connectivity index is 2.16. The van der Waals surface area contributed by atoms with Crippen molar-refractivity contribution in [3.63, 3.8) is 0 Å². The molecule has 1 unspecified atom stereocenters. The summed E-state index contributed by atoms with van der Waals surface area (Å²) in [6.45, 7) is 8.61. The standard InChI is InChI=1S/C15H25N3O2/c1-5-20-15(19)12-9-16-17(4)14(12)10-18-8-6-7-13(18)11(2)3/h9,11,13H,5-8,10H2,1-4H3. The van der Waals surface area contributed by atoms with Crippen molar-refractivity contribution in [2.45, 2.75) is 46.2 Å². The first-order valence-electron chi connectivity index (χ1n) is 7.46. The molecule has 5 heteroatoms. The van der Waals surface area contributed by atoms with Crippen LogP contribution in [0.5, 0.6) is 0 Å². The van der Waals surface area contributed by atoms with Gasteiger partial charge in [0.05, 0.1) is 18.5 Å². The van der Waals surface area contributed by atoms with E-state index < -0.39 is 0 Å². The first-order chi connectivity index (χ1) is 9.54. The van der Waals surface area contributed by atoms with Gasteiger partial charge >= 0.3 is 5.97 Å². The summed E-state index contributed by atoms with van der Waals surface area (Å²) in [5, 5.41) is 4.22. The molecule has 0 amide bonds. The van der Waals surface area contributed by atoms with Crippen LogP contribution in [0.25, 0.3) is 0 Å². The largest absolute Gasteiger partial charge is 0.462 e. The molecule has 1 atom stereocenters. The van der Waals surface area contributed by atoms with Crippen molar-refractivity contribution in [1.82, 2.24) is 14.7 Å². The number of esters is 1. The number of nitrogens with zero attached hydrogens (tertiary/aromatic N) is 3. The highest BCUT2D eigenvalue weighted by atomic mass is 16.5. The van der Waals surface area contributed by atoms with Gasteiger partial charge in [-0.25, -0.2) is 4.79 Å². The summed E-state index contributed by atoms with van der Waals surface area (Å²) in [6.07, 6.45) is 4.09. The number of hydrogen-bond donors (Lipinski definition) is 0. The maximum Gasteiger partial charge on any atom is 0.341 e. The lowest BCUT2D eigenvalue weighted by molar-refractivity contribution is 0.0523. The first kappa shape index (κ1) is 15.0. The Morgan fingerprint density at radius 3 is 2.95 bits per heavy atom. The van der Waals surface area contributed by atoms with Crippen molar-refractivity contribution in [2.24, 2.45) is 13.0 Å². The van der Waals surface area contributed by atoms with Crippen LogP contribution in [0.1, 0.15) is 49.7 Å². The van der Waals surface area contributed by atoms with E-state index in [1.54, 1.807) is 10.9 Å². The van der Waals surface area contributed by atoms with Gasteiger partial charge < -0.3 is 4.74 Å². The van der Waals surface area contributed by atoms with Crippen molar-refractivity contribution in [2.75, 3.05) is 13.2 Å². The number of ether oxygens (including phenoxy) is 1. The normalized spacial score (nSPS) is 19.8. The molecule has 0 saturated carbocycles. The minimum Gasteiger partial charge on any atom is -0.462 e. The molecule has 0 radical (unpaired) electrons. The number of likely N-dealkylation sites (tertiary alicyclic amines) is 1. The van der Waals surface area contributed by atoms with E-state index in [1.165, 1.54) is 12.8 Å². The maximum absolute atomic E-state index is 12.0. The summed E-state index contributed by atoms with van der Waals surface area (Å²) in [6, 6.07) is 0.597. The smallest absolute Gasteiger partial charge is 0.341 e. The van der Waals surface area contributed by atoms with Crippen LogP contribution in [0.3, 0.4) is 0 Å². The van der Waals surface area contributed by atoms with E-state index in [1.807, 2.05) is 14.0 Å². The molecule has 1 aromatic rings. The molecule has 1 aromatic heterocycles. The van der Waals surface area contributed by atoms with Crippen molar-refractivity contribution in [1.29, 1.82) is 0 Å². The van der Waals surface area contributed by atoms with Gasteiger partial charge in [0.25, 0.3) is 0 Å². The highest BCUT2D eigenvalue weighted by Gasteiger charge is 2.29. The van der Waals surface area contributed by atoms with Crippen LogP contribution in [-0.2, 0) is 18.3 Å². The molecule has 1 aliphatic rings. The first-order valence-corrected chi connectivity index (χ1v) is 7.46. The Hall–Kier alpha value is -1.36. The van der Waals surface area contributed by atoms with Crippen molar-refractivity contribution < 1.29 is 9.53 Å². The molecule has 2 rings (SSSR count). The number of rotatable bonds is 5. The van der Waals surface area contributed by atoms with Gasteiger partial charge in [0.15, 0.2) is 0 Å². The van der Waals surface area contributed by atoms with Crippen LogP contribution in [0.4, 0.5) is 0 Å². The van der Waals surface area contributed by atoms with Crippen molar-refractivity contribution >= 4 is 5.97 Å². The van der Waals surface area contributed by atoms with Crippen molar-refractivity contribution in [3.05, 3.63) is 17.5 Å². The van der Waals surface area contributed by atoms with Crippen LogP contribution in [-0.4, -0.2) is 39.8 Å². The molecule has 20 heavy (non-hydrogen) atoms. The lowest BCUT2D eigenvalue weighted by Crippen LogP contribution is -2.34. The minimum atomic E-state index is -0.268. The quantitative estimate of drug-likeness (QED) is 0.775. The van der Waals surface area contributed by atoms with Crippen LogP contribution in [0.15, 0.2) is 6.20 Å². The molecular formula is C15H25N3O2. The van der Waals surface area contributed by atoms with Crippen LogP contribution in [0, 0.1) is 5.92 Å². The number of carbonyl (C=O) groups excluding carboxylic acids is 1. The second kappa shape index (κ2) is 6.39. The zero-order valence-electron chi connectivity index (χ0n) is 12.9. The Kier molecular flexibility index (Phi) is 4.81. The number of carbonyl (C=O) groups is 1. The molecule has 112 valence electrons. The Labute approximate surface area is 120 Å². The lowest BCUT2D eigenvalue weighted by atomic mass is 10.0. The van der Waals surface area contributed by atoms with E-state index in [0.717, 1.165) is 18.8 Å². The fraction of sp³-hybridized carbons (Fsp3) is 0.733.